The smallest absolute Gasteiger partial charge is 0.0940 e. The predicted molar refractivity (Wildman–Crippen MR) is 64.2 cm³/mol. The van der Waals surface area contributed by atoms with Gasteiger partial charge in [-0.2, -0.15) is 0 Å². The van der Waals surface area contributed by atoms with Crippen LogP contribution in [0.5, 0.6) is 0 Å². The van der Waals surface area contributed by atoms with Gasteiger partial charge in [-0.05, 0) is 24.5 Å². The average Bonchev–Trinajstić information content (AvgIpc) is 2.18. The zero-order valence-electron chi connectivity index (χ0n) is 9.14. The first-order valence-corrected chi connectivity index (χ1v) is 6.65. The van der Waals surface area contributed by atoms with Gasteiger partial charge in [0, 0.05) is 5.41 Å². The van der Waals surface area contributed by atoms with Crippen LogP contribution in [-0.4, -0.2) is 4.21 Å². The first kappa shape index (κ1) is 12.0. The Hall–Kier alpha value is -1.09. The SMILES string of the molecule is CC(C)C/C=C/S(=N)(=O)c1ccccc1. The second-order valence-electron chi connectivity index (χ2n) is 3.92. The predicted octanol–water partition coefficient (Wildman–Crippen LogP) is 3.65. The summed E-state index contributed by atoms with van der Waals surface area (Å²) in [6.45, 7) is 4.19. The van der Waals surface area contributed by atoms with Crippen LogP contribution in [0.4, 0.5) is 0 Å². The lowest BCUT2D eigenvalue weighted by Crippen LogP contribution is -1.93. The summed E-state index contributed by atoms with van der Waals surface area (Å²) in [5.74, 6) is 0.534. The number of hydrogen-bond acceptors (Lipinski definition) is 2. The summed E-state index contributed by atoms with van der Waals surface area (Å²) < 4.78 is 19.7. The molecule has 1 aromatic rings. The lowest BCUT2D eigenvalue weighted by atomic mass is 10.1. The Morgan fingerprint density at radius 3 is 2.47 bits per heavy atom. The van der Waals surface area contributed by atoms with Gasteiger partial charge >= 0.3 is 0 Å². The Morgan fingerprint density at radius 2 is 1.93 bits per heavy atom. The molecule has 0 aromatic heterocycles. The second-order valence-corrected chi connectivity index (χ2v) is 5.86. The third kappa shape index (κ3) is 3.88. The summed E-state index contributed by atoms with van der Waals surface area (Å²) in [5.41, 5.74) is 0. The highest BCUT2D eigenvalue weighted by molar-refractivity contribution is 7.95. The van der Waals surface area contributed by atoms with Crippen molar-refractivity contribution in [1.82, 2.24) is 0 Å². The summed E-state index contributed by atoms with van der Waals surface area (Å²) in [6.07, 6.45) is 2.70. The van der Waals surface area contributed by atoms with E-state index in [1.165, 1.54) is 5.41 Å². The largest absolute Gasteiger partial charge is 0.245 e. The molecule has 15 heavy (non-hydrogen) atoms. The minimum Gasteiger partial charge on any atom is -0.245 e. The van der Waals surface area contributed by atoms with Crippen LogP contribution < -0.4 is 0 Å². The molecule has 1 N–H and O–H groups in total. The number of nitrogens with one attached hydrogen (secondary N) is 1. The van der Waals surface area contributed by atoms with Crippen molar-refractivity contribution < 1.29 is 4.21 Å². The van der Waals surface area contributed by atoms with Crippen molar-refractivity contribution in [3.8, 4) is 0 Å². The van der Waals surface area contributed by atoms with Gasteiger partial charge in [-0.15, -0.1) is 0 Å². The van der Waals surface area contributed by atoms with E-state index in [2.05, 4.69) is 13.8 Å². The molecule has 0 aliphatic rings. The van der Waals surface area contributed by atoms with Crippen LogP contribution in [0, 0.1) is 10.7 Å². The zero-order chi connectivity index (χ0) is 11.3. The summed E-state index contributed by atoms with van der Waals surface area (Å²) >= 11 is 0. The van der Waals surface area contributed by atoms with Crippen LogP contribution in [-0.2, 0) is 9.73 Å². The molecule has 0 amide bonds. The number of hydrogen-bond donors (Lipinski definition) is 1. The molecular weight excluding hydrogens is 206 g/mol. The van der Waals surface area contributed by atoms with Gasteiger partial charge in [0.2, 0.25) is 0 Å². The lowest BCUT2D eigenvalue weighted by Gasteiger charge is -2.02. The monoisotopic (exact) mass is 223 g/mol. The molecule has 1 aromatic carbocycles. The number of rotatable bonds is 4. The van der Waals surface area contributed by atoms with E-state index in [-0.39, 0.29) is 0 Å². The van der Waals surface area contributed by atoms with E-state index in [0.29, 0.717) is 10.8 Å². The molecule has 0 heterocycles. The lowest BCUT2D eigenvalue weighted by molar-refractivity contribution is 0.662. The fourth-order valence-electron chi connectivity index (χ4n) is 1.16. The molecular formula is C12H17NOS. The Kier molecular flexibility index (Phi) is 4.09. The Bertz CT molecular complexity index is 418. The Labute approximate surface area is 92.0 Å². The maximum Gasteiger partial charge on any atom is 0.0940 e. The van der Waals surface area contributed by atoms with Crippen molar-refractivity contribution >= 4 is 9.73 Å². The highest BCUT2D eigenvalue weighted by Crippen LogP contribution is 2.13. The van der Waals surface area contributed by atoms with Crippen molar-refractivity contribution in [2.45, 2.75) is 25.2 Å². The zero-order valence-corrected chi connectivity index (χ0v) is 9.96. The molecule has 0 bridgehead atoms. The van der Waals surface area contributed by atoms with E-state index >= 15 is 0 Å². The van der Waals surface area contributed by atoms with Gasteiger partial charge in [0.05, 0.1) is 14.6 Å². The summed E-state index contributed by atoms with van der Waals surface area (Å²) in [6, 6.07) is 8.93. The molecule has 0 aliphatic heterocycles. The van der Waals surface area contributed by atoms with Crippen molar-refractivity contribution in [2.24, 2.45) is 5.92 Å². The van der Waals surface area contributed by atoms with Crippen molar-refractivity contribution in [2.75, 3.05) is 0 Å². The molecule has 0 spiro atoms. The van der Waals surface area contributed by atoms with E-state index in [4.69, 9.17) is 4.78 Å². The normalized spacial score (nSPS) is 15.7. The highest BCUT2D eigenvalue weighted by Gasteiger charge is 2.03. The Morgan fingerprint density at radius 1 is 1.33 bits per heavy atom. The third-order valence-corrected chi connectivity index (χ3v) is 3.54. The van der Waals surface area contributed by atoms with Crippen molar-refractivity contribution in [1.29, 1.82) is 4.78 Å². The number of benzene rings is 1. The topological polar surface area (TPSA) is 40.9 Å². The van der Waals surface area contributed by atoms with E-state index in [1.54, 1.807) is 24.3 Å². The quantitative estimate of drug-likeness (QED) is 0.831. The first-order chi connectivity index (χ1) is 7.02. The first-order valence-electron chi connectivity index (χ1n) is 5.03. The Balaban J connectivity index is 2.82. The molecule has 0 radical (unpaired) electrons. The van der Waals surface area contributed by atoms with Gasteiger partial charge in [0.1, 0.15) is 0 Å². The van der Waals surface area contributed by atoms with Crippen LogP contribution in [0.25, 0.3) is 0 Å². The summed E-state index contributed by atoms with van der Waals surface area (Å²) in [5, 5.41) is 1.52. The van der Waals surface area contributed by atoms with Crippen LogP contribution in [0.2, 0.25) is 0 Å². The molecule has 3 heteroatoms. The van der Waals surface area contributed by atoms with Crippen molar-refractivity contribution in [3.05, 3.63) is 41.8 Å². The highest BCUT2D eigenvalue weighted by atomic mass is 32.2. The minimum atomic E-state index is -2.74. The summed E-state index contributed by atoms with van der Waals surface area (Å²) in [7, 11) is -2.74. The molecule has 0 saturated carbocycles. The van der Waals surface area contributed by atoms with Gasteiger partial charge in [-0.25, -0.2) is 8.99 Å². The van der Waals surface area contributed by atoms with Crippen LogP contribution >= 0.6 is 0 Å². The van der Waals surface area contributed by atoms with E-state index in [9.17, 15) is 4.21 Å². The molecule has 0 saturated heterocycles. The average molecular weight is 223 g/mol. The maximum absolute atomic E-state index is 11.9. The van der Waals surface area contributed by atoms with Crippen LogP contribution in [0.3, 0.4) is 0 Å². The molecule has 82 valence electrons. The van der Waals surface area contributed by atoms with Gasteiger partial charge < -0.3 is 0 Å². The fourth-order valence-corrected chi connectivity index (χ4v) is 2.27. The minimum absolute atomic E-state index is 0.534. The molecule has 2 nitrogen and oxygen atoms in total. The number of allylic oxidation sites excluding steroid dienone is 1. The van der Waals surface area contributed by atoms with Crippen LogP contribution in [0.1, 0.15) is 20.3 Å². The molecule has 1 rings (SSSR count). The fraction of sp³-hybridized carbons (Fsp3) is 0.333. The molecule has 1 unspecified atom stereocenters. The van der Waals surface area contributed by atoms with Crippen LogP contribution in [0.15, 0.2) is 46.7 Å². The van der Waals surface area contributed by atoms with Gasteiger partial charge in [0.25, 0.3) is 0 Å². The van der Waals surface area contributed by atoms with Gasteiger partial charge in [0.15, 0.2) is 0 Å². The molecule has 1 atom stereocenters. The van der Waals surface area contributed by atoms with E-state index in [0.717, 1.165) is 6.42 Å². The van der Waals surface area contributed by atoms with Crippen molar-refractivity contribution in [3.63, 3.8) is 0 Å². The molecule has 0 fully saturated rings. The van der Waals surface area contributed by atoms with E-state index < -0.39 is 9.73 Å². The third-order valence-electron chi connectivity index (χ3n) is 1.99. The standard InChI is InChI=1S/C12H17NOS/c1-11(2)7-6-10-15(13,14)12-8-4-3-5-9-12/h3-6,8-11,13H,7H2,1-2H3/b10-6+. The second kappa shape index (κ2) is 5.12. The van der Waals surface area contributed by atoms with Gasteiger partial charge in [-0.3, -0.25) is 0 Å². The molecule has 0 aliphatic carbocycles. The van der Waals surface area contributed by atoms with E-state index in [1.807, 2.05) is 12.1 Å². The summed E-state index contributed by atoms with van der Waals surface area (Å²) in [4.78, 5) is 0.574. The maximum atomic E-state index is 11.9. The van der Waals surface area contributed by atoms with Gasteiger partial charge in [-0.1, -0.05) is 38.1 Å².